The molecule has 0 aromatic rings. The van der Waals surface area contributed by atoms with Gasteiger partial charge in [0.1, 0.15) is 17.8 Å². The Labute approximate surface area is 103 Å². The maximum Gasteiger partial charge on any atom is 0.191 e. The summed E-state index contributed by atoms with van der Waals surface area (Å²) < 4.78 is 23.3. The zero-order valence-electron chi connectivity index (χ0n) is 11.3. The largest absolute Gasteiger partial charge is 0.375 e. The van der Waals surface area contributed by atoms with Gasteiger partial charge < -0.3 is 18.9 Å². The number of hydrogen-bond donors (Lipinski definition) is 0. The van der Waals surface area contributed by atoms with E-state index in [-0.39, 0.29) is 18.5 Å². The van der Waals surface area contributed by atoms with Gasteiger partial charge in [0, 0.05) is 7.11 Å². The van der Waals surface area contributed by atoms with Gasteiger partial charge in [0.05, 0.1) is 0 Å². The summed E-state index contributed by atoms with van der Waals surface area (Å²) in [5, 5.41) is 0. The highest BCUT2D eigenvalue weighted by Gasteiger charge is 2.61. The van der Waals surface area contributed by atoms with Crippen LogP contribution in [0, 0.1) is 0 Å². The molecule has 0 radical (unpaired) electrons. The molecule has 2 saturated heterocycles. The van der Waals surface area contributed by atoms with E-state index in [0.717, 1.165) is 12.0 Å². The number of fused-ring (bicyclic) bond motifs is 1. The molecule has 2 fully saturated rings. The van der Waals surface area contributed by atoms with Crippen LogP contribution in [0.1, 0.15) is 34.1 Å². The predicted molar refractivity (Wildman–Crippen MR) is 63.5 cm³/mol. The van der Waals surface area contributed by atoms with E-state index in [2.05, 4.69) is 13.5 Å². The lowest BCUT2D eigenvalue weighted by molar-refractivity contribution is -0.234. The first-order chi connectivity index (χ1) is 7.86. The fraction of sp³-hybridized carbons (Fsp3) is 0.846. The predicted octanol–water partition coefficient (Wildman–Crippen LogP) is 2.23. The van der Waals surface area contributed by atoms with Gasteiger partial charge in [-0.3, -0.25) is 0 Å². The van der Waals surface area contributed by atoms with Gasteiger partial charge in [0.25, 0.3) is 0 Å². The van der Waals surface area contributed by atoms with Crippen LogP contribution in [-0.4, -0.2) is 37.0 Å². The summed E-state index contributed by atoms with van der Waals surface area (Å²) in [6.07, 6.45) is 0.0658. The molecule has 2 rings (SSSR count). The molecule has 0 aromatic carbocycles. The van der Waals surface area contributed by atoms with Crippen molar-refractivity contribution < 1.29 is 18.9 Å². The Morgan fingerprint density at radius 2 is 1.94 bits per heavy atom. The van der Waals surface area contributed by atoms with Crippen molar-refractivity contribution in [3.63, 3.8) is 0 Å². The third-order valence-electron chi connectivity index (χ3n) is 3.67. The van der Waals surface area contributed by atoms with E-state index < -0.39 is 11.4 Å². The molecule has 4 atom stereocenters. The Kier molecular flexibility index (Phi) is 3.11. The van der Waals surface area contributed by atoms with Crippen molar-refractivity contribution in [2.75, 3.05) is 7.11 Å². The summed E-state index contributed by atoms with van der Waals surface area (Å²) in [6.45, 7) is 11.8. The van der Waals surface area contributed by atoms with Crippen molar-refractivity contribution in [3.05, 3.63) is 12.2 Å². The first kappa shape index (κ1) is 13.0. The Hall–Kier alpha value is -0.420. The molecular weight excluding hydrogens is 220 g/mol. The smallest absolute Gasteiger partial charge is 0.191 e. The molecule has 2 aliphatic rings. The zero-order chi connectivity index (χ0) is 12.8. The van der Waals surface area contributed by atoms with Gasteiger partial charge in [-0.05, 0) is 32.8 Å². The minimum atomic E-state index is -0.610. The van der Waals surface area contributed by atoms with E-state index in [0.29, 0.717) is 0 Å². The summed E-state index contributed by atoms with van der Waals surface area (Å²) >= 11 is 0. The SMILES string of the molecule is C=C(C)[C@]1(CC)O[C@@H]2OC(C)(C)O[C@@H]2[C@@H]1OC. The molecule has 0 spiro atoms. The van der Waals surface area contributed by atoms with E-state index in [1.165, 1.54) is 0 Å². The van der Waals surface area contributed by atoms with Crippen LogP contribution in [-0.2, 0) is 18.9 Å². The lowest BCUT2D eigenvalue weighted by Crippen LogP contribution is -2.46. The minimum absolute atomic E-state index is 0.170. The van der Waals surface area contributed by atoms with Gasteiger partial charge in [-0.1, -0.05) is 13.5 Å². The van der Waals surface area contributed by atoms with E-state index in [1.54, 1.807) is 7.11 Å². The van der Waals surface area contributed by atoms with E-state index in [1.807, 2.05) is 20.8 Å². The number of rotatable bonds is 3. The summed E-state index contributed by atoms with van der Waals surface area (Å²) in [6, 6.07) is 0. The van der Waals surface area contributed by atoms with Crippen LogP contribution in [0.4, 0.5) is 0 Å². The molecule has 2 aliphatic heterocycles. The van der Waals surface area contributed by atoms with Crippen molar-refractivity contribution in [1.29, 1.82) is 0 Å². The molecule has 0 aliphatic carbocycles. The Balaban J connectivity index is 2.29. The van der Waals surface area contributed by atoms with Crippen molar-refractivity contribution in [3.8, 4) is 0 Å². The monoisotopic (exact) mass is 242 g/mol. The fourth-order valence-corrected chi connectivity index (χ4v) is 2.85. The molecule has 0 amide bonds. The second-order valence-electron chi connectivity index (χ2n) is 5.27. The minimum Gasteiger partial charge on any atom is -0.375 e. The average molecular weight is 242 g/mol. The van der Waals surface area contributed by atoms with Crippen LogP contribution in [0.2, 0.25) is 0 Å². The van der Waals surface area contributed by atoms with Crippen LogP contribution in [0.5, 0.6) is 0 Å². The van der Waals surface area contributed by atoms with Crippen molar-refractivity contribution in [2.24, 2.45) is 0 Å². The van der Waals surface area contributed by atoms with Gasteiger partial charge in [-0.2, -0.15) is 0 Å². The maximum atomic E-state index is 6.05. The number of hydrogen-bond acceptors (Lipinski definition) is 4. The average Bonchev–Trinajstić information content (AvgIpc) is 2.66. The van der Waals surface area contributed by atoms with Crippen LogP contribution >= 0.6 is 0 Å². The molecule has 17 heavy (non-hydrogen) atoms. The van der Waals surface area contributed by atoms with Gasteiger partial charge in [0.2, 0.25) is 0 Å². The fourth-order valence-electron chi connectivity index (χ4n) is 2.85. The van der Waals surface area contributed by atoms with Crippen molar-refractivity contribution in [2.45, 2.75) is 64.0 Å². The highest BCUT2D eigenvalue weighted by atomic mass is 16.8. The topological polar surface area (TPSA) is 36.9 Å². The molecule has 4 nitrogen and oxygen atoms in total. The van der Waals surface area contributed by atoms with Gasteiger partial charge in [0.15, 0.2) is 12.1 Å². The zero-order valence-corrected chi connectivity index (χ0v) is 11.3. The summed E-state index contributed by atoms with van der Waals surface area (Å²) in [7, 11) is 1.68. The lowest BCUT2D eigenvalue weighted by atomic mass is 9.86. The Morgan fingerprint density at radius 1 is 1.29 bits per heavy atom. The molecule has 4 heteroatoms. The first-order valence-corrected chi connectivity index (χ1v) is 6.08. The Bertz CT molecular complexity index is 325. The molecule has 0 saturated carbocycles. The van der Waals surface area contributed by atoms with Crippen molar-refractivity contribution >= 4 is 0 Å². The number of ether oxygens (including phenoxy) is 4. The summed E-state index contributed by atoms with van der Waals surface area (Å²) in [4.78, 5) is 0. The quantitative estimate of drug-likeness (QED) is 0.711. The highest BCUT2D eigenvalue weighted by molar-refractivity contribution is 5.20. The van der Waals surface area contributed by atoms with Crippen LogP contribution in [0.3, 0.4) is 0 Å². The molecule has 0 bridgehead atoms. The second kappa shape index (κ2) is 4.05. The van der Waals surface area contributed by atoms with Crippen LogP contribution in [0.25, 0.3) is 0 Å². The molecular formula is C13H22O4. The second-order valence-corrected chi connectivity index (χ2v) is 5.27. The molecule has 98 valence electrons. The highest BCUT2D eigenvalue weighted by Crippen LogP contribution is 2.47. The third-order valence-corrected chi connectivity index (χ3v) is 3.67. The van der Waals surface area contributed by atoms with Gasteiger partial charge in [-0.15, -0.1) is 0 Å². The maximum absolute atomic E-state index is 6.05. The summed E-state index contributed by atoms with van der Waals surface area (Å²) in [5.74, 6) is -0.610. The first-order valence-electron chi connectivity index (χ1n) is 6.08. The van der Waals surface area contributed by atoms with E-state index in [9.17, 15) is 0 Å². The Morgan fingerprint density at radius 3 is 2.41 bits per heavy atom. The molecule has 0 unspecified atom stereocenters. The van der Waals surface area contributed by atoms with Gasteiger partial charge in [-0.25, -0.2) is 0 Å². The molecule has 0 N–H and O–H groups in total. The molecule has 2 heterocycles. The van der Waals surface area contributed by atoms with Crippen LogP contribution < -0.4 is 0 Å². The summed E-state index contributed by atoms with van der Waals surface area (Å²) in [5.41, 5.74) is 0.451. The van der Waals surface area contributed by atoms with E-state index in [4.69, 9.17) is 18.9 Å². The third kappa shape index (κ3) is 1.83. The van der Waals surface area contributed by atoms with E-state index >= 15 is 0 Å². The van der Waals surface area contributed by atoms with Crippen LogP contribution in [0.15, 0.2) is 12.2 Å². The number of methoxy groups -OCH3 is 1. The normalized spacial score (nSPS) is 43.7. The molecule has 0 aromatic heterocycles. The lowest BCUT2D eigenvalue weighted by Gasteiger charge is -2.35. The standard InChI is InChI=1S/C13H22O4/c1-7-13(8(2)3)10(14-6)9-11(17-13)16-12(4,5)15-9/h9-11H,2,7H2,1,3-6H3/t9-,10+,11+,13+/m1/s1. The van der Waals surface area contributed by atoms with Gasteiger partial charge >= 0.3 is 0 Å². The van der Waals surface area contributed by atoms with Crippen molar-refractivity contribution in [1.82, 2.24) is 0 Å².